The Balaban J connectivity index is 1.51. The lowest BCUT2D eigenvalue weighted by molar-refractivity contribution is -0.137. The summed E-state index contributed by atoms with van der Waals surface area (Å²) in [6.07, 6.45) is -2.97. The molecule has 0 unspecified atom stereocenters. The molecule has 1 aromatic heterocycles. The van der Waals surface area contributed by atoms with E-state index in [1.165, 1.54) is 12.1 Å². The van der Waals surface area contributed by atoms with Crippen molar-refractivity contribution < 1.29 is 27.3 Å². The van der Waals surface area contributed by atoms with Crippen molar-refractivity contribution in [2.45, 2.75) is 13.1 Å². The molecule has 11 heteroatoms. The van der Waals surface area contributed by atoms with Crippen molar-refractivity contribution >= 4 is 57.7 Å². The molecule has 0 atom stereocenters. The van der Waals surface area contributed by atoms with E-state index in [-0.39, 0.29) is 20.8 Å². The number of nitrogens with zero attached hydrogens (tertiary/aromatic N) is 2. The average Bonchev–Trinajstić information content (AvgIpc) is 3.29. The number of carbonyl (C=O) groups excluding carboxylic acids is 2. The van der Waals surface area contributed by atoms with Gasteiger partial charge in [-0.25, -0.2) is 0 Å². The van der Waals surface area contributed by atoms with Crippen LogP contribution in [0.3, 0.4) is 0 Å². The van der Waals surface area contributed by atoms with Gasteiger partial charge >= 0.3 is 6.18 Å². The van der Waals surface area contributed by atoms with Crippen molar-refractivity contribution in [2.24, 2.45) is 0 Å². The topological polar surface area (TPSA) is 75.4 Å². The molecule has 0 radical (unpaired) electrons. The second kappa shape index (κ2) is 8.83. The number of anilines is 2. The normalized spacial score (nSPS) is 15.4. The molecule has 4 rings (SSSR count). The number of rotatable bonds is 4. The first kappa shape index (κ1) is 22.7. The Bertz CT molecular complexity index is 1280. The van der Waals surface area contributed by atoms with Gasteiger partial charge in [-0.3, -0.25) is 14.5 Å². The summed E-state index contributed by atoms with van der Waals surface area (Å²) in [6, 6.07) is 12.4. The lowest BCUT2D eigenvalue weighted by Gasteiger charge is -2.16. The number of thioether (sulfide) groups is 1. The number of hydrogen-bond donors (Lipinski definition) is 1. The second-order valence-corrected chi connectivity index (χ2v) is 8.64. The average molecular weight is 490 g/mol. The summed E-state index contributed by atoms with van der Waals surface area (Å²) in [5, 5.41) is 6.30. The quantitative estimate of drug-likeness (QED) is 0.377. The largest absolute Gasteiger partial charge is 0.416 e. The Labute approximate surface area is 195 Å². The van der Waals surface area contributed by atoms with Gasteiger partial charge in [0.25, 0.3) is 11.8 Å². The van der Waals surface area contributed by atoms with Crippen LogP contribution in [-0.4, -0.2) is 21.3 Å². The fraction of sp³-hybridized carbons (Fsp3) is 0.0909. The first-order valence-corrected chi connectivity index (χ1v) is 10.6. The first-order chi connectivity index (χ1) is 15.6. The molecular formula is C22H14F3N3O3S2. The number of nitrogens with one attached hydrogen (secondary N) is 1. The van der Waals surface area contributed by atoms with Crippen LogP contribution in [0.15, 0.2) is 64.0 Å². The molecule has 168 valence electrons. The molecular weight excluding hydrogens is 475 g/mol. The predicted octanol–water partition coefficient (Wildman–Crippen LogP) is 5.66. The Kier molecular flexibility index (Phi) is 6.09. The van der Waals surface area contributed by atoms with Gasteiger partial charge in [-0.05, 0) is 48.9 Å². The summed E-state index contributed by atoms with van der Waals surface area (Å²) < 4.78 is 44.1. The fourth-order valence-electron chi connectivity index (χ4n) is 3.01. The van der Waals surface area contributed by atoms with Crippen molar-refractivity contribution in [3.8, 4) is 0 Å². The second-order valence-electron chi connectivity index (χ2n) is 6.96. The standard InChI is InChI=1S/C22H14F3N3O3S2/c1-12-9-18(27-31-12)26-19(29)14-7-5-13(6-8-14)10-17-20(30)28(21(32)33-17)16-4-2-3-15(11-16)22(23,24)25/h2-11H,1H3,(H,26,27,29)/b17-10+. The molecule has 0 bridgehead atoms. The molecule has 6 nitrogen and oxygen atoms in total. The number of alkyl halides is 3. The molecule has 0 spiro atoms. The summed E-state index contributed by atoms with van der Waals surface area (Å²) in [4.78, 5) is 26.5. The van der Waals surface area contributed by atoms with Crippen LogP contribution >= 0.6 is 24.0 Å². The Morgan fingerprint density at radius 1 is 1.18 bits per heavy atom. The highest BCUT2D eigenvalue weighted by molar-refractivity contribution is 8.27. The zero-order valence-corrected chi connectivity index (χ0v) is 18.5. The van der Waals surface area contributed by atoms with Gasteiger partial charge in [-0.2, -0.15) is 13.2 Å². The lowest BCUT2D eigenvalue weighted by atomic mass is 10.1. The highest BCUT2D eigenvalue weighted by Crippen LogP contribution is 2.38. The van der Waals surface area contributed by atoms with Crippen molar-refractivity contribution in [2.75, 3.05) is 10.2 Å². The van der Waals surface area contributed by atoms with Gasteiger partial charge in [0.2, 0.25) is 0 Å². The highest BCUT2D eigenvalue weighted by atomic mass is 32.2. The third-order valence-electron chi connectivity index (χ3n) is 4.57. The number of amides is 2. The van der Waals surface area contributed by atoms with Gasteiger partial charge < -0.3 is 9.84 Å². The third kappa shape index (κ3) is 4.99. The van der Waals surface area contributed by atoms with Gasteiger partial charge in [0.1, 0.15) is 5.76 Å². The molecule has 1 aliphatic rings. The minimum Gasteiger partial charge on any atom is -0.360 e. The van der Waals surface area contributed by atoms with E-state index in [1.807, 2.05) is 0 Å². The summed E-state index contributed by atoms with van der Waals surface area (Å²) in [7, 11) is 0. The number of thiocarbonyl (C=S) groups is 1. The Hall–Kier alpha value is -3.44. The molecule has 2 aromatic carbocycles. The van der Waals surface area contributed by atoms with Crippen LogP contribution in [0, 0.1) is 6.92 Å². The molecule has 1 saturated heterocycles. The molecule has 2 amide bonds. The monoisotopic (exact) mass is 489 g/mol. The number of carbonyl (C=O) groups is 2. The number of halogens is 3. The number of benzene rings is 2. The van der Waals surface area contributed by atoms with E-state index in [0.29, 0.717) is 22.7 Å². The van der Waals surface area contributed by atoms with Crippen molar-refractivity contribution in [3.05, 3.63) is 82.0 Å². The maximum absolute atomic E-state index is 13.0. The number of aromatic nitrogens is 1. The predicted molar refractivity (Wildman–Crippen MR) is 123 cm³/mol. The van der Waals surface area contributed by atoms with E-state index >= 15 is 0 Å². The minimum atomic E-state index is -4.53. The molecule has 1 N–H and O–H groups in total. The van der Waals surface area contributed by atoms with E-state index in [4.69, 9.17) is 16.7 Å². The van der Waals surface area contributed by atoms with Crippen LogP contribution in [0.4, 0.5) is 24.7 Å². The molecule has 2 heterocycles. The van der Waals surface area contributed by atoms with E-state index < -0.39 is 17.6 Å². The van der Waals surface area contributed by atoms with Crippen molar-refractivity contribution in [1.29, 1.82) is 0 Å². The maximum atomic E-state index is 13.0. The summed E-state index contributed by atoms with van der Waals surface area (Å²) >= 11 is 6.22. The summed E-state index contributed by atoms with van der Waals surface area (Å²) in [6.45, 7) is 1.70. The summed E-state index contributed by atoms with van der Waals surface area (Å²) in [5.74, 6) is -0.0544. The zero-order valence-electron chi connectivity index (χ0n) is 16.8. The van der Waals surface area contributed by atoms with Gasteiger partial charge in [0, 0.05) is 11.6 Å². The van der Waals surface area contributed by atoms with E-state index in [1.54, 1.807) is 43.3 Å². The SMILES string of the molecule is Cc1cc(NC(=O)c2ccc(/C=C3/SC(=S)N(c4cccc(C(F)(F)F)c4)C3=O)cc2)no1. The Morgan fingerprint density at radius 3 is 2.55 bits per heavy atom. The molecule has 1 fully saturated rings. The molecule has 3 aromatic rings. The smallest absolute Gasteiger partial charge is 0.360 e. The van der Waals surface area contributed by atoms with Crippen LogP contribution in [0.1, 0.15) is 27.2 Å². The van der Waals surface area contributed by atoms with Gasteiger partial charge in [0.05, 0.1) is 16.2 Å². The number of aryl methyl sites for hydroxylation is 1. The molecule has 33 heavy (non-hydrogen) atoms. The van der Waals surface area contributed by atoms with Crippen molar-refractivity contribution in [3.63, 3.8) is 0 Å². The van der Waals surface area contributed by atoms with Crippen LogP contribution < -0.4 is 10.2 Å². The third-order valence-corrected chi connectivity index (χ3v) is 5.87. The fourth-order valence-corrected chi connectivity index (χ4v) is 4.31. The van der Waals surface area contributed by atoms with Gasteiger partial charge in [0.15, 0.2) is 10.1 Å². The van der Waals surface area contributed by atoms with E-state index in [9.17, 15) is 22.8 Å². The molecule has 0 saturated carbocycles. The van der Waals surface area contributed by atoms with Crippen molar-refractivity contribution in [1.82, 2.24) is 5.16 Å². The van der Waals surface area contributed by atoms with Gasteiger partial charge in [-0.1, -0.05) is 47.3 Å². The summed E-state index contributed by atoms with van der Waals surface area (Å²) in [5.41, 5.74) is 0.163. The lowest BCUT2D eigenvalue weighted by Crippen LogP contribution is -2.27. The zero-order chi connectivity index (χ0) is 23.8. The van der Waals surface area contributed by atoms with E-state index in [2.05, 4.69) is 10.5 Å². The molecule has 1 aliphatic heterocycles. The van der Waals surface area contributed by atoms with E-state index in [0.717, 1.165) is 28.8 Å². The van der Waals surface area contributed by atoms with Crippen LogP contribution in [0.5, 0.6) is 0 Å². The van der Waals surface area contributed by atoms with Crippen LogP contribution in [-0.2, 0) is 11.0 Å². The van der Waals surface area contributed by atoms with Gasteiger partial charge in [-0.15, -0.1) is 0 Å². The number of hydrogen-bond acceptors (Lipinski definition) is 6. The maximum Gasteiger partial charge on any atom is 0.416 e. The van der Waals surface area contributed by atoms with Crippen LogP contribution in [0.25, 0.3) is 6.08 Å². The van der Waals surface area contributed by atoms with Crippen LogP contribution in [0.2, 0.25) is 0 Å². The first-order valence-electron chi connectivity index (χ1n) is 9.42. The molecule has 0 aliphatic carbocycles. The minimum absolute atomic E-state index is 0.0471. The Morgan fingerprint density at radius 2 is 1.91 bits per heavy atom. The highest BCUT2D eigenvalue weighted by Gasteiger charge is 2.36.